The molecule has 0 aliphatic carbocycles. The number of hydrogen-bond donors (Lipinski definition) is 1. The van der Waals surface area contributed by atoms with Crippen molar-refractivity contribution < 1.29 is 0 Å². The number of nitrogens with one attached hydrogen (secondary N) is 1. The summed E-state index contributed by atoms with van der Waals surface area (Å²) in [5.74, 6) is 2.28. The Kier molecular flexibility index (Phi) is 4.74. The lowest BCUT2D eigenvalue weighted by molar-refractivity contribution is 0.292. The highest BCUT2D eigenvalue weighted by atomic mass is 35.5. The molecule has 2 aliphatic heterocycles. The Morgan fingerprint density at radius 1 is 1.09 bits per heavy atom. The molecule has 2 aliphatic rings. The van der Waals surface area contributed by atoms with Gasteiger partial charge in [0, 0.05) is 43.6 Å². The third-order valence-corrected chi connectivity index (χ3v) is 7.67. The molecule has 162 valence electrons. The lowest BCUT2D eigenvalue weighted by Gasteiger charge is -2.33. The van der Waals surface area contributed by atoms with Gasteiger partial charge in [0.2, 0.25) is 0 Å². The van der Waals surface area contributed by atoms with E-state index in [-0.39, 0.29) is 0 Å². The zero-order chi connectivity index (χ0) is 21.8. The maximum atomic E-state index is 6.53. The normalized spacial score (nSPS) is 20.4. The highest BCUT2D eigenvalue weighted by Crippen LogP contribution is 2.37. The standard InChI is InChI=1S/C23H22ClN7S/c1-13-4-3-7-25-21(13)23-27-17-9-20(26-10-18(17)32-23)28-19-6-5-16(24)22(29-19)31-12-14-8-15(31)11-30(14)2/h3-7,9-10,14-15H,8,11-12H2,1-2H3,(H,26,28,29)/t14-,15-/m0/s1. The minimum atomic E-state index is 0.475. The molecular formula is C23H22ClN7S. The summed E-state index contributed by atoms with van der Waals surface area (Å²) in [5.41, 5.74) is 2.91. The van der Waals surface area contributed by atoms with Gasteiger partial charge in [-0.25, -0.2) is 15.0 Å². The topological polar surface area (TPSA) is 70.1 Å². The predicted molar refractivity (Wildman–Crippen MR) is 130 cm³/mol. The fourth-order valence-corrected chi connectivity index (χ4v) is 5.86. The van der Waals surface area contributed by atoms with Crippen LogP contribution in [0.3, 0.4) is 0 Å². The van der Waals surface area contributed by atoms with Crippen LogP contribution in [0.4, 0.5) is 17.5 Å². The maximum absolute atomic E-state index is 6.53. The Bertz CT molecular complexity index is 1320. The van der Waals surface area contributed by atoms with Crippen LogP contribution in [0, 0.1) is 6.92 Å². The van der Waals surface area contributed by atoms with Crippen molar-refractivity contribution in [3.05, 3.63) is 53.3 Å². The average molecular weight is 464 g/mol. The minimum absolute atomic E-state index is 0.475. The number of likely N-dealkylation sites (tertiary alicyclic amines) is 1. The Morgan fingerprint density at radius 3 is 2.78 bits per heavy atom. The second-order valence-electron chi connectivity index (χ2n) is 8.49. The Hall–Kier alpha value is -2.81. The van der Waals surface area contributed by atoms with Gasteiger partial charge >= 0.3 is 0 Å². The van der Waals surface area contributed by atoms with Crippen LogP contribution < -0.4 is 10.2 Å². The van der Waals surface area contributed by atoms with Gasteiger partial charge in [-0.2, -0.15) is 0 Å². The molecule has 2 saturated heterocycles. The molecule has 0 spiro atoms. The summed E-state index contributed by atoms with van der Waals surface area (Å²) in [6.07, 6.45) is 4.82. The van der Waals surface area contributed by atoms with Crippen LogP contribution in [0.2, 0.25) is 5.02 Å². The van der Waals surface area contributed by atoms with Crippen molar-refractivity contribution >= 4 is 50.6 Å². The number of likely N-dealkylation sites (N-methyl/N-ethyl adjacent to an activating group) is 1. The molecule has 7 nitrogen and oxygen atoms in total. The number of nitrogens with zero attached hydrogens (tertiary/aromatic N) is 6. The number of piperazine rings is 1. The number of thiazole rings is 1. The molecule has 2 bridgehead atoms. The molecular weight excluding hydrogens is 442 g/mol. The zero-order valence-corrected chi connectivity index (χ0v) is 19.4. The summed E-state index contributed by atoms with van der Waals surface area (Å²) in [6, 6.07) is 10.8. The number of rotatable bonds is 4. The molecule has 0 amide bonds. The van der Waals surface area contributed by atoms with Crippen molar-refractivity contribution in [2.24, 2.45) is 0 Å². The zero-order valence-electron chi connectivity index (χ0n) is 17.8. The molecule has 2 atom stereocenters. The third-order valence-electron chi connectivity index (χ3n) is 6.36. The molecule has 0 saturated carbocycles. The van der Waals surface area contributed by atoms with E-state index in [9.17, 15) is 0 Å². The van der Waals surface area contributed by atoms with Gasteiger partial charge in [-0.1, -0.05) is 17.7 Å². The van der Waals surface area contributed by atoms with Gasteiger partial charge in [0.05, 0.1) is 15.2 Å². The predicted octanol–water partition coefficient (Wildman–Crippen LogP) is 4.75. The van der Waals surface area contributed by atoms with Crippen molar-refractivity contribution in [3.63, 3.8) is 0 Å². The second kappa shape index (κ2) is 7.65. The summed E-state index contributed by atoms with van der Waals surface area (Å²) in [4.78, 5) is 23.5. The first-order valence-corrected chi connectivity index (χ1v) is 11.8. The van der Waals surface area contributed by atoms with Crippen LogP contribution in [0.25, 0.3) is 20.9 Å². The molecule has 32 heavy (non-hydrogen) atoms. The number of fused-ring (bicyclic) bond motifs is 3. The van der Waals surface area contributed by atoms with Gasteiger partial charge in [0.15, 0.2) is 0 Å². The Labute approximate surface area is 195 Å². The van der Waals surface area contributed by atoms with E-state index in [4.69, 9.17) is 21.6 Å². The van der Waals surface area contributed by atoms with Crippen molar-refractivity contribution in [2.75, 3.05) is 30.4 Å². The summed E-state index contributed by atoms with van der Waals surface area (Å²) in [5, 5.41) is 4.92. The first kappa shape index (κ1) is 19.8. The Balaban J connectivity index is 1.27. The largest absolute Gasteiger partial charge is 0.349 e. The molecule has 0 radical (unpaired) electrons. The van der Waals surface area contributed by atoms with E-state index in [1.54, 1.807) is 17.5 Å². The Morgan fingerprint density at radius 2 is 2.00 bits per heavy atom. The number of hydrogen-bond acceptors (Lipinski definition) is 8. The fraction of sp³-hybridized carbons (Fsp3) is 0.304. The van der Waals surface area contributed by atoms with E-state index < -0.39 is 0 Å². The van der Waals surface area contributed by atoms with Crippen molar-refractivity contribution in [3.8, 4) is 10.7 Å². The number of aromatic nitrogens is 4. The molecule has 6 heterocycles. The number of aryl methyl sites for hydroxylation is 1. The molecule has 4 aromatic heterocycles. The third kappa shape index (κ3) is 3.39. The average Bonchev–Trinajstić information content (AvgIpc) is 3.48. The van der Waals surface area contributed by atoms with Crippen LogP contribution >= 0.6 is 22.9 Å². The minimum Gasteiger partial charge on any atom is -0.349 e. The van der Waals surface area contributed by atoms with E-state index in [0.29, 0.717) is 22.9 Å². The van der Waals surface area contributed by atoms with Gasteiger partial charge in [-0.3, -0.25) is 9.88 Å². The summed E-state index contributed by atoms with van der Waals surface area (Å²) < 4.78 is 1.03. The summed E-state index contributed by atoms with van der Waals surface area (Å²) in [7, 11) is 2.19. The molecule has 4 aromatic rings. The van der Waals surface area contributed by atoms with Gasteiger partial charge in [0.25, 0.3) is 0 Å². The van der Waals surface area contributed by atoms with Crippen LogP contribution in [0.15, 0.2) is 42.7 Å². The van der Waals surface area contributed by atoms with Crippen LogP contribution in [0.1, 0.15) is 12.0 Å². The van der Waals surface area contributed by atoms with Gasteiger partial charge in [0.1, 0.15) is 28.2 Å². The van der Waals surface area contributed by atoms with Crippen molar-refractivity contribution in [1.29, 1.82) is 0 Å². The number of anilines is 3. The molecule has 0 unspecified atom stereocenters. The van der Waals surface area contributed by atoms with E-state index in [1.165, 1.54) is 6.42 Å². The van der Waals surface area contributed by atoms with Crippen LogP contribution in [-0.4, -0.2) is 57.1 Å². The smallest absolute Gasteiger partial charge is 0.150 e. The van der Waals surface area contributed by atoms with Crippen LogP contribution in [-0.2, 0) is 0 Å². The molecule has 0 aromatic carbocycles. The van der Waals surface area contributed by atoms with Crippen LogP contribution in [0.5, 0.6) is 0 Å². The number of pyridine rings is 3. The molecule has 6 rings (SSSR count). The molecule has 1 N–H and O–H groups in total. The van der Waals surface area contributed by atoms with E-state index in [1.807, 2.05) is 43.5 Å². The quantitative estimate of drug-likeness (QED) is 0.468. The first-order chi connectivity index (χ1) is 15.5. The highest BCUT2D eigenvalue weighted by Gasteiger charge is 2.42. The van der Waals surface area contributed by atoms with Gasteiger partial charge in [-0.15, -0.1) is 11.3 Å². The molecule has 9 heteroatoms. The summed E-state index contributed by atoms with van der Waals surface area (Å²) >= 11 is 8.13. The lowest BCUT2D eigenvalue weighted by Crippen LogP contribution is -2.45. The van der Waals surface area contributed by atoms with Gasteiger partial charge in [-0.05, 0) is 44.2 Å². The first-order valence-electron chi connectivity index (χ1n) is 10.6. The van der Waals surface area contributed by atoms with E-state index >= 15 is 0 Å². The maximum Gasteiger partial charge on any atom is 0.150 e. The highest BCUT2D eigenvalue weighted by molar-refractivity contribution is 7.21. The monoisotopic (exact) mass is 463 g/mol. The van der Waals surface area contributed by atoms with Crippen molar-refractivity contribution in [2.45, 2.75) is 25.4 Å². The lowest BCUT2D eigenvalue weighted by atomic mass is 10.2. The second-order valence-corrected chi connectivity index (χ2v) is 9.93. The van der Waals surface area contributed by atoms with Gasteiger partial charge < -0.3 is 10.2 Å². The van der Waals surface area contributed by atoms with E-state index in [0.717, 1.165) is 51.2 Å². The summed E-state index contributed by atoms with van der Waals surface area (Å²) in [6.45, 7) is 4.07. The fourth-order valence-electron chi connectivity index (χ4n) is 4.67. The van der Waals surface area contributed by atoms with Crippen molar-refractivity contribution in [1.82, 2.24) is 24.8 Å². The molecule has 2 fully saturated rings. The number of halogens is 1. The van der Waals surface area contributed by atoms with E-state index in [2.05, 4.69) is 32.1 Å². The SMILES string of the molecule is Cc1cccnc1-c1nc2cc(Nc3ccc(Cl)c(N4C[C@@H]5C[C@H]4CN5C)n3)ncc2s1.